The molecule has 0 aliphatic carbocycles. The van der Waals surface area contributed by atoms with Crippen molar-refractivity contribution in [3.63, 3.8) is 0 Å². The Morgan fingerprint density at radius 2 is 1.95 bits per heavy atom. The molecular formula is C16H14N2O2. The van der Waals surface area contributed by atoms with Gasteiger partial charge in [0.25, 0.3) is 0 Å². The number of hydrogen-bond acceptors (Lipinski definition) is 3. The van der Waals surface area contributed by atoms with Gasteiger partial charge in [-0.3, -0.25) is 10.4 Å². The maximum atomic E-state index is 11.0. The van der Waals surface area contributed by atoms with E-state index in [1.165, 1.54) is 5.39 Å². The molecule has 1 heterocycles. The lowest BCUT2D eigenvalue weighted by atomic mass is 10.1. The molecule has 0 bridgehead atoms. The number of nitrogens with one attached hydrogen (secondary N) is 1. The van der Waals surface area contributed by atoms with Crippen LogP contribution in [0.3, 0.4) is 0 Å². The summed E-state index contributed by atoms with van der Waals surface area (Å²) in [6.45, 7) is 0.629. The molecule has 1 aliphatic rings. The highest BCUT2D eigenvalue weighted by Gasteiger charge is 2.10. The van der Waals surface area contributed by atoms with Crippen LogP contribution >= 0.6 is 0 Å². The van der Waals surface area contributed by atoms with Crippen molar-refractivity contribution in [1.82, 2.24) is 5.01 Å². The Balaban J connectivity index is 1.83. The van der Waals surface area contributed by atoms with E-state index in [0.717, 1.165) is 11.1 Å². The van der Waals surface area contributed by atoms with Gasteiger partial charge in [-0.15, -0.1) is 0 Å². The fraction of sp³-hybridized carbons (Fsp3) is 0.0625. The average Bonchev–Trinajstić information content (AvgIpc) is 2.47. The van der Waals surface area contributed by atoms with E-state index in [-0.39, 0.29) is 5.57 Å². The van der Waals surface area contributed by atoms with Crippen LogP contribution in [0.1, 0.15) is 0 Å². The summed E-state index contributed by atoms with van der Waals surface area (Å²) in [6, 6.07) is 14.2. The van der Waals surface area contributed by atoms with Crippen LogP contribution in [0.4, 0.5) is 5.69 Å². The van der Waals surface area contributed by atoms with Crippen molar-refractivity contribution in [3.8, 4) is 0 Å². The Morgan fingerprint density at radius 3 is 2.75 bits per heavy atom. The van der Waals surface area contributed by atoms with Crippen LogP contribution in [0.5, 0.6) is 0 Å². The Labute approximate surface area is 116 Å². The summed E-state index contributed by atoms with van der Waals surface area (Å²) < 4.78 is 0. The summed E-state index contributed by atoms with van der Waals surface area (Å²) in [4.78, 5) is 11.0. The molecule has 0 saturated heterocycles. The second-order valence-electron chi connectivity index (χ2n) is 4.62. The van der Waals surface area contributed by atoms with Gasteiger partial charge in [0.1, 0.15) is 0 Å². The maximum Gasteiger partial charge on any atom is 0.337 e. The minimum absolute atomic E-state index is 0.268. The van der Waals surface area contributed by atoms with Gasteiger partial charge in [0, 0.05) is 6.20 Å². The average molecular weight is 266 g/mol. The van der Waals surface area contributed by atoms with Gasteiger partial charge in [0.15, 0.2) is 0 Å². The lowest BCUT2D eigenvalue weighted by Gasteiger charge is -2.24. The van der Waals surface area contributed by atoms with E-state index in [1.807, 2.05) is 36.4 Å². The van der Waals surface area contributed by atoms with Crippen LogP contribution in [0.25, 0.3) is 10.8 Å². The van der Waals surface area contributed by atoms with Crippen molar-refractivity contribution < 1.29 is 9.90 Å². The van der Waals surface area contributed by atoms with Crippen LogP contribution in [0.2, 0.25) is 0 Å². The molecule has 100 valence electrons. The van der Waals surface area contributed by atoms with Crippen LogP contribution in [-0.4, -0.2) is 22.6 Å². The number of nitrogens with zero attached hydrogens (tertiary/aromatic N) is 1. The van der Waals surface area contributed by atoms with Gasteiger partial charge in [-0.1, -0.05) is 36.4 Å². The highest BCUT2D eigenvalue weighted by molar-refractivity contribution is 5.90. The van der Waals surface area contributed by atoms with E-state index < -0.39 is 5.97 Å². The monoisotopic (exact) mass is 266 g/mol. The first kappa shape index (κ1) is 12.3. The lowest BCUT2D eigenvalue weighted by molar-refractivity contribution is -0.132. The van der Waals surface area contributed by atoms with Gasteiger partial charge < -0.3 is 5.11 Å². The van der Waals surface area contributed by atoms with Crippen molar-refractivity contribution >= 4 is 22.4 Å². The number of hydrogen-bond donors (Lipinski definition) is 2. The number of carbonyl (C=O) groups is 1. The fourth-order valence-electron chi connectivity index (χ4n) is 2.19. The molecule has 2 aromatic carbocycles. The molecule has 4 heteroatoms. The van der Waals surface area contributed by atoms with Crippen molar-refractivity contribution in [2.45, 2.75) is 0 Å². The third kappa shape index (κ3) is 2.49. The molecule has 0 aromatic heterocycles. The molecule has 0 amide bonds. The third-order valence-corrected chi connectivity index (χ3v) is 3.16. The van der Waals surface area contributed by atoms with Gasteiger partial charge in [-0.2, -0.15) is 0 Å². The second kappa shape index (κ2) is 5.09. The van der Waals surface area contributed by atoms with E-state index in [1.54, 1.807) is 17.3 Å². The normalized spacial score (nSPS) is 14.2. The molecule has 1 aliphatic heterocycles. The molecule has 20 heavy (non-hydrogen) atoms. The largest absolute Gasteiger partial charge is 0.478 e. The number of anilines is 1. The van der Waals surface area contributed by atoms with Crippen LogP contribution < -0.4 is 5.43 Å². The molecule has 0 fully saturated rings. The van der Waals surface area contributed by atoms with Crippen molar-refractivity contribution in [2.75, 3.05) is 12.0 Å². The topological polar surface area (TPSA) is 52.6 Å². The highest BCUT2D eigenvalue weighted by Crippen LogP contribution is 2.20. The Bertz CT molecular complexity index is 719. The molecule has 0 atom stereocenters. The number of carboxylic acids is 1. The number of hydrazine groups is 1. The first-order valence-corrected chi connectivity index (χ1v) is 6.36. The Morgan fingerprint density at radius 1 is 1.15 bits per heavy atom. The summed E-state index contributed by atoms with van der Waals surface area (Å²) in [7, 11) is 0. The van der Waals surface area contributed by atoms with Crippen LogP contribution in [0.15, 0.2) is 66.4 Å². The third-order valence-electron chi connectivity index (χ3n) is 3.16. The number of fused-ring (bicyclic) bond motifs is 1. The molecular weight excluding hydrogens is 252 g/mol. The summed E-state index contributed by atoms with van der Waals surface area (Å²) in [6.07, 6.45) is 5.02. The first-order chi connectivity index (χ1) is 9.72. The van der Waals surface area contributed by atoms with E-state index in [9.17, 15) is 4.79 Å². The zero-order valence-corrected chi connectivity index (χ0v) is 10.8. The zero-order chi connectivity index (χ0) is 13.9. The van der Waals surface area contributed by atoms with Gasteiger partial charge in [0.05, 0.1) is 17.8 Å². The van der Waals surface area contributed by atoms with E-state index >= 15 is 0 Å². The molecule has 0 unspecified atom stereocenters. The van der Waals surface area contributed by atoms with E-state index in [4.69, 9.17) is 5.11 Å². The molecule has 4 nitrogen and oxygen atoms in total. The van der Waals surface area contributed by atoms with E-state index in [0.29, 0.717) is 6.54 Å². The summed E-state index contributed by atoms with van der Waals surface area (Å²) in [5.41, 5.74) is 4.40. The number of benzene rings is 2. The van der Waals surface area contributed by atoms with Gasteiger partial charge in [0.2, 0.25) is 0 Å². The summed E-state index contributed by atoms with van der Waals surface area (Å²) >= 11 is 0. The van der Waals surface area contributed by atoms with E-state index in [2.05, 4.69) is 17.6 Å². The SMILES string of the molecule is O=C(O)C1=CN(Nc2ccc3ccccc3c2)CC=C1. The summed E-state index contributed by atoms with van der Waals surface area (Å²) in [5.74, 6) is -0.925. The molecule has 0 saturated carbocycles. The number of aliphatic carboxylic acids is 1. The smallest absolute Gasteiger partial charge is 0.337 e. The minimum atomic E-state index is -0.925. The predicted molar refractivity (Wildman–Crippen MR) is 79.1 cm³/mol. The number of carboxylic acid groups (broad SMARTS) is 1. The zero-order valence-electron chi connectivity index (χ0n) is 10.8. The molecule has 0 radical (unpaired) electrons. The molecule has 3 rings (SSSR count). The molecule has 2 aromatic rings. The lowest BCUT2D eigenvalue weighted by Crippen LogP contribution is -2.27. The van der Waals surface area contributed by atoms with Crippen LogP contribution in [0, 0.1) is 0 Å². The van der Waals surface area contributed by atoms with Crippen LogP contribution in [-0.2, 0) is 4.79 Å². The van der Waals surface area contributed by atoms with Gasteiger partial charge in [-0.25, -0.2) is 4.79 Å². The van der Waals surface area contributed by atoms with Crippen molar-refractivity contribution in [2.24, 2.45) is 0 Å². The second-order valence-corrected chi connectivity index (χ2v) is 4.62. The molecule has 0 spiro atoms. The van der Waals surface area contributed by atoms with Gasteiger partial charge >= 0.3 is 5.97 Å². The number of rotatable bonds is 3. The summed E-state index contributed by atoms with van der Waals surface area (Å²) in [5, 5.41) is 13.1. The van der Waals surface area contributed by atoms with Crippen molar-refractivity contribution in [1.29, 1.82) is 0 Å². The van der Waals surface area contributed by atoms with Gasteiger partial charge in [-0.05, 0) is 29.0 Å². The minimum Gasteiger partial charge on any atom is -0.478 e. The quantitative estimate of drug-likeness (QED) is 0.896. The molecule has 2 N–H and O–H groups in total. The Kier molecular flexibility index (Phi) is 3.13. The Hall–Kier alpha value is -2.75. The van der Waals surface area contributed by atoms with Crippen molar-refractivity contribution in [3.05, 3.63) is 66.4 Å². The maximum absolute atomic E-state index is 11.0. The standard InChI is InChI=1S/C16H14N2O2/c19-16(20)14-6-3-9-18(11-14)17-15-8-7-12-4-1-2-5-13(12)10-15/h1-8,10-11,17H,9H2,(H,19,20). The first-order valence-electron chi connectivity index (χ1n) is 6.36. The predicted octanol–water partition coefficient (Wildman–Crippen LogP) is 3.01. The highest BCUT2D eigenvalue weighted by atomic mass is 16.4. The fourth-order valence-corrected chi connectivity index (χ4v) is 2.19.